The van der Waals surface area contributed by atoms with E-state index >= 15 is 0 Å². The van der Waals surface area contributed by atoms with Crippen molar-refractivity contribution in [3.05, 3.63) is 0 Å². The fraction of sp³-hybridized carbons (Fsp3) is 1.00. The van der Waals surface area contributed by atoms with E-state index in [0.717, 1.165) is 18.9 Å². The highest BCUT2D eigenvalue weighted by molar-refractivity contribution is 4.71. The predicted molar refractivity (Wildman–Crippen MR) is 47.0 cm³/mol. The van der Waals surface area contributed by atoms with E-state index in [1.54, 1.807) is 0 Å². The average molecular weight is 143 g/mol. The summed E-state index contributed by atoms with van der Waals surface area (Å²) in [5.41, 5.74) is 5.03. The first-order valence-electron chi connectivity index (χ1n) is 4.55. The van der Waals surface area contributed by atoms with Crippen LogP contribution in [0.3, 0.4) is 0 Å². The molecule has 0 aliphatic heterocycles. The topological polar surface area (TPSA) is 26.0 Å². The molecule has 1 nitrogen and oxygen atoms in total. The van der Waals surface area contributed by atoms with Crippen molar-refractivity contribution in [1.29, 1.82) is 0 Å². The Bertz CT molecular complexity index is 55.7. The highest BCUT2D eigenvalue weighted by atomic mass is 14.5. The van der Waals surface area contributed by atoms with Crippen LogP contribution in [0, 0.1) is 5.92 Å². The minimum absolute atomic E-state index is 0.819. The molecule has 0 bridgehead atoms. The Labute approximate surface area is 65.0 Å². The molecule has 0 atom stereocenters. The van der Waals surface area contributed by atoms with Crippen molar-refractivity contribution in [2.45, 2.75) is 46.0 Å². The lowest BCUT2D eigenvalue weighted by Crippen LogP contribution is -1.93. The smallest absolute Gasteiger partial charge is 0.00799 e. The van der Waals surface area contributed by atoms with Crippen molar-refractivity contribution in [2.75, 3.05) is 6.54 Å². The van der Waals surface area contributed by atoms with E-state index in [1.807, 2.05) is 0 Å². The van der Waals surface area contributed by atoms with Gasteiger partial charge in [-0.15, -0.1) is 0 Å². The van der Waals surface area contributed by atoms with Gasteiger partial charge in [0.15, 0.2) is 0 Å². The molecule has 0 aromatic carbocycles. The standard InChI is InChI=1S/C6H12.C3H9N/c1-2-3-6-4-5-6;1-2-3-4/h6H,2-5H2,1H3;2-4H2,1H3. The fourth-order valence-corrected chi connectivity index (χ4v) is 0.815. The number of hydrogen-bond donors (Lipinski definition) is 1. The summed E-state index contributed by atoms with van der Waals surface area (Å²) in [6, 6.07) is 0. The maximum Gasteiger partial charge on any atom is -0.00799 e. The Morgan fingerprint density at radius 1 is 1.20 bits per heavy atom. The van der Waals surface area contributed by atoms with E-state index in [1.165, 1.54) is 25.7 Å². The van der Waals surface area contributed by atoms with Gasteiger partial charge in [-0.1, -0.05) is 39.5 Å². The molecule has 1 heteroatoms. The number of rotatable bonds is 3. The molecule has 0 spiro atoms. The first kappa shape index (κ1) is 9.96. The number of hydrogen-bond acceptors (Lipinski definition) is 1. The summed E-state index contributed by atoms with van der Waals surface area (Å²) in [6.45, 7) is 5.14. The van der Waals surface area contributed by atoms with E-state index in [4.69, 9.17) is 5.73 Å². The summed E-state index contributed by atoms with van der Waals surface area (Å²) < 4.78 is 0. The van der Waals surface area contributed by atoms with E-state index in [0.29, 0.717) is 0 Å². The summed E-state index contributed by atoms with van der Waals surface area (Å²) in [6.07, 6.45) is 7.02. The zero-order valence-corrected chi connectivity index (χ0v) is 7.40. The molecule has 1 fully saturated rings. The summed E-state index contributed by atoms with van der Waals surface area (Å²) in [5, 5.41) is 0. The van der Waals surface area contributed by atoms with Crippen molar-refractivity contribution in [3.8, 4) is 0 Å². The van der Waals surface area contributed by atoms with Crippen molar-refractivity contribution >= 4 is 0 Å². The molecular weight excluding hydrogens is 122 g/mol. The predicted octanol–water partition coefficient (Wildman–Crippen LogP) is 2.55. The molecule has 10 heavy (non-hydrogen) atoms. The van der Waals surface area contributed by atoms with Crippen molar-refractivity contribution in [3.63, 3.8) is 0 Å². The second kappa shape index (κ2) is 7.07. The van der Waals surface area contributed by atoms with Gasteiger partial charge in [0.05, 0.1) is 0 Å². The zero-order chi connectivity index (χ0) is 7.82. The summed E-state index contributed by atoms with van der Waals surface area (Å²) in [7, 11) is 0. The van der Waals surface area contributed by atoms with Gasteiger partial charge in [-0.05, 0) is 18.9 Å². The second-order valence-electron chi connectivity index (χ2n) is 3.02. The van der Waals surface area contributed by atoms with Gasteiger partial charge in [-0.3, -0.25) is 0 Å². The molecule has 0 unspecified atom stereocenters. The van der Waals surface area contributed by atoms with Crippen LogP contribution >= 0.6 is 0 Å². The van der Waals surface area contributed by atoms with Gasteiger partial charge in [-0.25, -0.2) is 0 Å². The van der Waals surface area contributed by atoms with Gasteiger partial charge in [-0.2, -0.15) is 0 Å². The summed E-state index contributed by atoms with van der Waals surface area (Å²) in [4.78, 5) is 0. The molecule has 0 radical (unpaired) electrons. The quantitative estimate of drug-likeness (QED) is 0.645. The highest BCUT2D eigenvalue weighted by Crippen LogP contribution is 2.32. The lowest BCUT2D eigenvalue weighted by Gasteiger charge is -1.82. The lowest BCUT2D eigenvalue weighted by molar-refractivity contribution is 0.708. The van der Waals surface area contributed by atoms with Crippen LogP contribution in [0.25, 0.3) is 0 Å². The van der Waals surface area contributed by atoms with Crippen LogP contribution < -0.4 is 5.73 Å². The first-order valence-corrected chi connectivity index (χ1v) is 4.55. The molecule has 0 aromatic rings. The zero-order valence-electron chi connectivity index (χ0n) is 7.40. The van der Waals surface area contributed by atoms with Crippen LogP contribution in [-0.4, -0.2) is 6.54 Å². The Morgan fingerprint density at radius 2 is 1.70 bits per heavy atom. The van der Waals surface area contributed by atoms with Gasteiger partial charge in [0, 0.05) is 0 Å². The minimum Gasteiger partial charge on any atom is -0.330 e. The lowest BCUT2D eigenvalue weighted by atomic mass is 10.2. The molecule has 62 valence electrons. The SMILES string of the molecule is CCCC1CC1.CCCN. The third-order valence-corrected chi connectivity index (χ3v) is 1.68. The van der Waals surface area contributed by atoms with E-state index in [-0.39, 0.29) is 0 Å². The fourth-order valence-electron chi connectivity index (χ4n) is 0.815. The molecular formula is C9H21N. The summed E-state index contributed by atoms with van der Waals surface area (Å²) >= 11 is 0. The Hall–Kier alpha value is -0.0400. The molecule has 1 aliphatic rings. The molecule has 1 rings (SSSR count). The molecule has 1 aliphatic carbocycles. The third kappa shape index (κ3) is 7.96. The third-order valence-electron chi connectivity index (χ3n) is 1.68. The second-order valence-corrected chi connectivity index (χ2v) is 3.02. The van der Waals surface area contributed by atoms with E-state index in [2.05, 4.69) is 13.8 Å². The van der Waals surface area contributed by atoms with Crippen LogP contribution in [0.1, 0.15) is 46.0 Å². The van der Waals surface area contributed by atoms with Crippen LogP contribution in [0.4, 0.5) is 0 Å². The monoisotopic (exact) mass is 143 g/mol. The van der Waals surface area contributed by atoms with Crippen LogP contribution in [0.5, 0.6) is 0 Å². The largest absolute Gasteiger partial charge is 0.330 e. The Kier molecular flexibility index (Phi) is 7.04. The van der Waals surface area contributed by atoms with Gasteiger partial charge >= 0.3 is 0 Å². The van der Waals surface area contributed by atoms with E-state index < -0.39 is 0 Å². The molecule has 0 heterocycles. The average Bonchev–Trinajstić information content (AvgIpc) is 2.74. The maximum absolute atomic E-state index is 5.03. The van der Waals surface area contributed by atoms with Gasteiger partial charge in [0.25, 0.3) is 0 Å². The number of nitrogens with two attached hydrogens (primary N) is 1. The molecule has 0 saturated heterocycles. The Morgan fingerprint density at radius 3 is 1.80 bits per heavy atom. The van der Waals surface area contributed by atoms with Crippen LogP contribution in [-0.2, 0) is 0 Å². The molecule has 0 aromatic heterocycles. The summed E-state index contributed by atoms with van der Waals surface area (Å²) in [5.74, 6) is 1.15. The van der Waals surface area contributed by atoms with E-state index in [9.17, 15) is 0 Å². The van der Waals surface area contributed by atoms with Gasteiger partial charge in [0.2, 0.25) is 0 Å². The first-order chi connectivity index (χ1) is 4.85. The van der Waals surface area contributed by atoms with Crippen molar-refractivity contribution in [2.24, 2.45) is 11.7 Å². The van der Waals surface area contributed by atoms with Crippen LogP contribution in [0.2, 0.25) is 0 Å². The molecule has 1 saturated carbocycles. The van der Waals surface area contributed by atoms with Gasteiger partial charge < -0.3 is 5.73 Å². The maximum atomic E-state index is 5.03. The minimum atomic E-state index is 0.819. The highest BCUT2D eigenvalue weighted by Gasteiger charge is 2.18. The van der Waals surface area contributed by atoms with Gasteiger partial charge in [0.1, 0.15) is 0 Å². The Balaban J connectivity index is 0.000000180. The van der Waals surface area contributed by atoms with Crippen molar-refractivity contribution < 1.29 is 0 Å². The normalized spacial score (nSPS) is 15.9. The molecule has 0 amide bonds. The molecule has 2 N–H and O–H groups in total. The van der Waals surface area contributed by atoms with Crippen molar-refractivity contribution in [1.82, 2.24) is 0 Å². The van der Waals surface area contributed by atoms with Crippen LogP contribution in [0.15, 0.2) is 0 Å².